The highest BCUT2D eigenvalue weighted by Gasteiger charge is 2.27. The van der Waals surface area contributed by atoms with Crippen molar-refractivity contribution < 1.29 is 9.59 Å². The van der Waals surface area contributed by atoms with Gasteiger partial charge in [0.1, 0.15) is 16.7 Å². The van der Waals surface area contributed by atoms with Gasteiger partial charge in [0.25, 0.3) is 0 Å². The number of ketones is 1. The highest BCUT2D eigenvalue weighted by Crippen LogP contribution is 2.36. The number of nitrogens with two attached hydrogens (primary N) is 2. The van der Waals surface area contributed by atoms with Crippen LogP contribution < -0.4 is 16.4 Å². The van der Waals surface area contributed by atoms with Crippen molar-refractivity contribution in [1.29, 1.82) is 0 Å². The molecule has 3 rings (SSSR count). The van der Waals surface area contributed by atoms with Crippen molar-refractivity contribution in [2.45, 2.75) is 13.0 Å². The number of nitrogen functional groups attached to an aromatic ring is 1. The number of thiazole rings is 1. The van der Waals surface area contributed by atoms with Gasteiger partial charge in [0.15, 0.2) is 5.13 Å². The predicted octanol–water partition coefficient (Wildman–Crippen LogP) is 4.28. The normalized spacial score (nSPS) is 11.8. The van der Waals surface area contributed by atoms with Crippen LogP contribution in [0.5, 0.6) is 0 Å². The first-order valence-electron chi connectivity index (χ1n) is 8.18. The zero-order valence-electron chi connectivity index (χ0n) is 14.7. The fourth-order valence-electron chi connectivity index (χ4n) is 2.55. The second kappa shape index (κ2) is 8.18. The maximum absolute atomic E-state index is 12.8. The Balaban J connectivity index is 2.03. The van der Waals surface area contributed by atoms with E-state index in [9.17, 15) is 9.59 Å². The third kappa shape index (κ3) is 4.11. The van der Waals surface area contributed by atoms with E-state index in [0.717, 1.165) is 11.3 Å². The summed E-state index contributed by atoms with van der Waals surface area (Å²) in [7, 11) is 0. The van der Waals surface area contributed by atoms with E-state index in [1.54, 1.807) is 60.4 Å². The number of nitrogens with zero attached hydrogens (tertiary/aromatic N) is 2. The van der Waals surface area contributed by atoms with Crippen LogP contribution in [0, 0.1) is 0 Å². The van der Waals surface area contributed by atoms with Crippen molar-refractivity contribution in [3.05, 3.63) is 69.0 Å². The zero-order chi connectivity index (χ0) is 20.4. The summed E-state index contributed by atoms with van der Waals surface area (Å²) >= 11 is 12.9. The van der Waals surface area contributed by atoms with Crippen molar-refractivity contribution >= 4 is 62.9 Å². The highest BCUT2D eigenvalue weighted by molar-refractivity contribution is 7.18. The van der Waals surface area contributed by atoms with E-state index in [0.29, 0.717) is 26.4 Å². The number of amides is 1. The number of rotatable bonds is 6. The molecule has 0 spiro atoms. The van der Waals surface area contributed by atoms with Gasteiger partial charge in [0.05, 0.1) is 0 Å². The molecule has 3 aromatic rings. The minimum absolute atomic E-state index is 0.0792. The smallest absolute Gasteiger partial charge is 0.240 e. The molecule has 1 atom stereocenters. The van der Waals surface area contributed by atoms with Crippen LogP contribution in [-0.2, 0) is 4.79 Å². The van der Waals surface area contributed by atoms with Gasteiger partial charge in [-0.3, -0.25) is 9.59 Å². The summed E-state index contributed by atoms with van der Waals surface area (Å²) in [5.74, 6) is -0.745. The van der Waals surface area contributed by atoms with Gasteiger partial charge in [-0.1, -0.05) is 34.5 Å². The van der Waals surface area contributed by atoms with Gasteiger partial charge in [-0.15, -0.1) is 0 Å². The largest absolute Gasteiger partial charge is 0.382 e. The fourth-order valence-corrected chi connectivity index (χ4v) is 3.85. The molecule has 0 saturated carbocycles. The first-order valence-corrected chi connectivity index (χ1v) is 9.76. The molecule has 0 aliphatic carbocycles. The van der Waals surface area contributed by atoms with Gasteiger partial charge >= 0.3 is 0 Å². The second-order valence-electron chi connectivity index (χ2n) is 5.97. The van der Waals surface area contributed by atoms with Crippen LogP contribution in [0.25, 0.3) is 0 Å². The lowest BCUT2D eigenvalue weighted by atomic mass is 10.1. The molecule has 0 saturated heterocycles. The second-order valence-corrected chi connectivity index (χ2v) is 7.82. The minimum Gasteiger partial charge on any atom is -0.382 e. The molecule has 0 aliphatic heterocycles. The maximum Gasteiger partial charge on any atom is 0.240 e. The Hall–Kier alpha value is -2.61. The van der Waals surface area contributed by atoms with Gasteiger partial charge in [0.2, 0.25) is 11.7 Å². The Morgan fingerprint density at radius 3 is 2.11 bits per heavy atom. The van der Waals surface area contributed by atoms with E-state index in [1.165, 1.54) is 0 Å². The van der Waals surface area contributed by atoms with Crippen LogP contribution in [0.4, 0.5) is 16.6 Å². The molecule has 4 N–H and O–H groups in total. The van der Waals surface area contributed by atoms with E-state index in [-0.39, 0.29) is 16.5 Å². The summed E-state index contributed by atoms with van der Waals surface area (Å²) in [6, 6.07) is 12.6. The molecule has 2 aromatic carbocycles. The number of carbonyl (C=O) groups excluding carboxylic acids is 2. The van der Waals surface area contributed by atoms with E-state index < -0.39 is 11.9 Å². The van der Waals surface area contributed by atoms with Crippen LogP contribution in [0.3, 0.4) is 0 Å². The molecular weight excluding hydrogens is 419 g/mol. The third-order valence-electron chi connectivity index (χ3n) is 4.06. The van der Waals surface area contributed by atoms with Crippen LogP contribution in [0.2, 0.25) is 10.0 Å². The molecule has 0 unspecified atom stereocenters. The van der Waals surface area contributed by atoms with Gasteiger partial charge < -0.3 is 16.4 Å². The van der Waals surface area contributed by atoms with Gasteiger partial charge in [0, 0.05) is 21.3 Å². The number of benzene rings is 2. The topological polar surface area (TPSA) is 102 Å². The molecule has 0 bridgehead atoms. The Morgan fingerprint density at radius 1 is 1.04 bits per heavy atom. The Bertz CT molecular complexity index is 1020. The van der Waals surface area contributed by atoms with Gasteiger partial charge in [-0.05, 0) is 55.5 Å². The van der Waals surface area contributed by atoms with E-state index >= 15 is 0 Å². The van der Waals surface area contributed by atoms with Crippen LogP contribution in [-0.4, -0.2) is 22.7 Å². The predicted molar refractivity (Wildman–Crippen MR) is 114 cm³/mol. The Labute approximate surface area is 175 Å². The number of primary amides is 1. The molecule has 28 heavy (non-hydrogen) atoms. The lowest BCUT2D eigenvalue weighted by molar-refractivity contribution is -0.118. The fraction of sp³-hybridized carbons (Fsp3) is 0.105. The number of halogens is 2. The minimum atomic E-state index is -0.717. The summed E-state index contributed by atoms with van der Waals surface area (Å²) in [4.78, 5) is 30.9. The summed E-state index contributed by atoms with van der Waals surface area (Å²) in [6.07, 6.45) is 0. The lowest BCUT2D eigenvalue weighted by Crippen LogP contribution is -2.39. The first kappa shape index (κ1) is 20.1. The molecule has 0 aliphatic rings. The monoisotopic (exact) mass is 434 g/mol. The summed E-state index contributed by atoms with van der Waals surface area (Å²) in [5.41, 5.74) is 12.6. The average Bonchev–Trinajstić information content (AvgIpc) is 3.04. The first-order chi connectivity index (χ1) is 13.3. The lowest BCUT2D eigenvalue weighted by Gasteiger charge is -2.26. The molecule has 144 valence electrons. The maximum atomic E-state index is 12.8. The third-order valence-corrected chi connectivity index (χ3v) is 5.64. The Kier molecular flexibility index (Phi) is 5.88. The number of aromatic nitrogens is 1. The SMILES string of the molecule is C[C@@H](C(N)=O)N(c1ccc(Cl)cc1)c1nc(N)c(C(=O)c2ccc(Cl)cc2)s1. The summed E-state index contributed by atoms with van der Waals surface area (Å²) in [6.45, 7) is 1.65. The van der Waals surface area contributed by atoms with Crippen molar-refractivity contribution in [2.75, 3.05) is 10.6 Å². The molecule has 1 heterocycles. The van der Waals surface area contributed by atoms with Crippen molar-refractivity contribution in [2.24, 2.45) is 5.73 Å². The number of hydrogen-bond donors (Lipinski definition) is 2. The molecule has 1 amide bonds. The van der Waals surface area contributed by atoms with Gasteiger partial charge in [-0.25, -0.2) is 4.98 Å². The molecule has 1 aromatic heterocycles. The van der Waals surface area contributed by atoms with Crippen molar-refractivity contribution in [3.63, 3.8) is 0 Å². The highest BCUT2D eigenvalue weighted by atomic mass is 35.5. The zero-order valence-corrected chi connectivity index (χ0v) is 17.1. The van der Waals surface area contributed by atoms with E-state index in [1.807, 2.05) is 0 Å². The van der Waals surface area contributed by atoms with Crippen LogP contribution >= 0.6 is 34.5 Å². The van der Waals surface area contributed by atoms with Gasteiger partial charge in [-0.2, -0.15) is 0 Å². The van der Waals surface area contributed by atoms with Crippen molar-refractivity contribution in [3.8, 4) is 0 Å². The average molecular weight is 435 g/mol. The van der Waals surface area contributed by atoms with E-state index in [2.05, 4.69) is 4.98 Å². The molecule has 9 heteroatoms. The van der Waals surface area contributed by atoms with E-state index in [4.69, 9.17) is 34.7 Å². The van der Waals surface area contributed by atoms with Crippen LogP contribution in [0.15, 0.2) is 48.5 Å². The Morgan fingerprint density at radius 2 is 1.57 bits per heavy atom. The van der Waals surface area contributed by atoms with Crippen molar-refractivity contribution in [1.82, 2.24) is 4.98 Å². The molecule has 0 fully saturated rings. The van der Waals surface area contributed by atoms with Crippen LogP contribution in [0.1, 0.15) is 22.2 Å². The molecule has 6 nitrogen and oxygen atoms in total. The standard InChI is InChI=1S/C19H16Cl2N4O2S/c1-10(18(23)27)25(14-8-6-13(21)7-9-14)19-24-17(22)16(28-19)15(26)11-2-4-12(20)5-3-11/h2-10H,22H2,1H3,(H2,23,27)/t10-/m0/s1. The number of carbonyl (C=O) groups is 2. The number of hydrogen-bond acceptors (Lipinski definition) is 6. The quantitative estimate of drug-likeness (QED) is 0.563. The summed E-state index contributed by atoms with van der Waals surface area (Å²) in [5, 5.41) is 1.45. The number of anilines is 3. The molecular formula is C19H16Cl2N4O2S. The molecule has 0 radical (unpaired) electrons. The summed E-state index contributed by atoms with van der Waals surface area (Å²) < 4.78 is 0.